The molecule has 1 amide bonds. The Morgan fingerprint density at radius 2 is 1.81 bits per heavy atom. The van der Waals surface area contributed by atoms with Gasteiger partial charge in [-0.25, -0.2) is 0 Å². The number of ether oxygens (including phenoxy) is 1. The van der Waals surface area contributed by atoms with Gasteiger partial charge in [-0.2, -0.15) is 0 Å². The van der Waals surface area contributed by atoms with Crippen LogP contribution in [0.3, 0.4) is 0 Å². The van der Waals surface area contributed by atoms with Gasteiger partial charge in [-0.3, -0.25) is 10.1 Å². The second kappa shape index (κ2) is 9.92. The summed E-state index contributed by atoms with van der Waals surface area (Å²) in [7, 11) is 0. The predicted octanol–water partition coefficient (Wildman–Crippen LogP) is 5.12. The molecule has 0 bridgehead atoms. The normalized spacial score (nSPS) is 10.5. The van der Waals surface area contributed by atoms with E-state index in [0.29, 0.717) is 23.8 Å². The molecule has 0 aliphatic carbocycles. The molecule has 0 aliphatic rings. The molecule has 0 saturated heterocycles. The third kappa shape index (κ3) is 5.56. The topological polar surface area (TPSA) is 50.4 Å². The molecule has 0 aromatic heterocycles. The van der Waals surface area contributed by atoms with Gasteiger partial charge in [0, 0.05) is 5.69 Å². The lowest BCUT2D eigenvalue weighted by molar-refractivity contribution is 0.0973. The molecular formula is C21H26N2O2S. The molecule has 0 aliphatic heterocycles. The number of amides is 1. The Morgan fingerprint density at radius 1 is 1.12 bits per heavy atom. The van der Waals surface area contributed by atoms with Crippen LogP contribution in [0.2, 0.25) is 0 Å². The largest absolute Gasteiger partial charge is 0.493 e. The molecule has 0 atom stereocenters. The highest BCUT2D eigenvalue weighted by molar-refractivity contribution is 7.80. The van der Waals surface area contributed by atoms with Crippen molar-refractivity contribution in [3.8, 4) is 5.75 Å². The number of benzene rings is 2. The van der Waals surface area contributed by atoms with Crippen molar-refractivity contribution in [3.63, 3.8) is 0 Å². The van der Waals surface area contributed by atoms with Crippen LogP contribution < -0.4 is 15.4 Å². The molecule has 2 aromatic rings. The number of nitrogens with one attached hydrogen (secondary N) is 2. The summed E-state index contributed by atoms with van der Waals surface area (Å²) in [6, 6.07) is 15.1. The van der Waals surface area contributed by atoms with E-state index in [1.807, 2.05) is 36.4 Å². The van der Waals surface area contributed by atoms with Crippen LogP contribution in [0.15, 0.2) is 48.5 Å². The molecule has 0 radical (unpaired) electrons. The number of unbranched alkanes of at least 4 members (excludes halogenated alkanes) is 1. The van der Waals surface area contributed by atoms with Crippen molar-refractivity contribution in [1.82, 2.24) is 5.32 Å². The number of para-hydroxylation sites is 2. The predicted molar refractivity (Wildman–Crippen MR) is 111 cm³/mol. The monoisotopic (exact) mass is 370 g/mol. The zero-order valence-electron chi connectivity index (χ0n) is 15.5. The lowest BCUT2D eigenvalue weighted by Crippen LogP contribution is -2.34. The number of hydrogen-bond acceptors (Lipinski definition) is 3. The lowest BCUT2D eigenvalue weighted by Gasteiger charge is -2.16. The van der Waals surface area contributed by atoms with E-state index in [-0.39, 0.29) is 11.0 Å². The van der Waals surface area contributed by atoms with Crippen LogP contribution >= 0.6 is 12.2 Å². The molecule has 26 heavy (non-hydrogen) atoms. The van der Waals surface area contributed by atoms with Gasteiger partial charge < -0.3 is 10.1 Å². The number of carbonyl (C=O) groups excluding carboxylic acids is 1. The van der Waals surface area contributed by atoms with Crippen molar-refractivity contribution in [2.75, 3.05) is 11.9 Å². The van der Waals surface area contributed by atoms with Crippen molar-refractivity contribution in [2.24, 2.45) is 0 Å². The third-order valence-electron chi connectivity index (χ3n) is 3.95. The Morgan fingerprint density at radius 3 is 2.54 bits per heavy atom. The maximum atomic E-state index is 12.6. The van der Waals surface area contributed by atoms with Crippen LogP contribution in [0, 0.1) is 0 Å². The molecule has 5 heteroatoms. The van der Waals surface area contributed by atoms with E-state index in [9.17, 15) is 4.79 Å². The SMILES string of the molecule is CCCCOc1ccccc1C(=O)NC(=S)Nc1ccccc1C(C)C. The number of hydrogen-bond donors (Lipinski definition) is 2. The molecule has 2 N–H and O–H groups in total. The molecule has 4 nitrogen and oxygen atoms in total. The van der Waals surface area contributed by atoms with Crippen LogP contribution in [-0.4, -0.2) is 17.6 Å². The van der Waals surface area contributed by atoms with E-state index >= 15 is 0 Å². The summed E-state index contributed by atoms with van der Waals surface area (Å²) in [5.74, 6) is 0.644. The van der Waals surface area contributed by atoms with Crippen LogP contribution in [-0.2, 0) is 0 Å². The van der Waals surface area contributed by atoms with Crippen molar-refractivity contribution in [2.45, 2.75) is 39.5 Å². The second-order valence-corrected chi connectivity index (χ2v) is 6.76. The van der Waals surface area contributed by atoms with Gasteiger partial charge in [0.1, 0.15) is 5.75 Å². The van der Waals surface area contributed by atoms with E-state index in [2.05, 4.69) is 31.4 Å². The van der Waals surface area contributed by atoms with Crippen molar-refractivity contribution in [1.29, 1.82) is 0 Å². The molecule has 0 spiro atoms. The summed E-state index contributed by atoms with van der Waals surface area (Å²) in [5.41, 5.74) is 2.53. The first-order valence-corrected chi connectivity index (χ1v) is 9.36. The summed E-state index contributed by atoms with van der Waals surface area (Å²) in [5, 5.41) is 6.14. The first-order chi connectivity index (χ1) is 12.5. The van der Waals surface area contributed by atoms with E-state index < -0.39 is 0 Å². The average molecular weight is 371 g/mol. The zero-order valence-corrected chi connectivity index (χ0v) is 16.4. The first kappa shape index (κ1) is 19.9. The molecule has 0 heterocycles. The van der Waals surface area contributed by atoms with E-state index in [1.54, 1.807) is 12.1 Å². The zero-order chi connectivity index (χ0) is 18.9. The fourth-order valence-electron chi connectivity index (χ4n) is 2.54. The minimum Gasteiger partial charge on any atom is -0.493 e. The van der Waals surface area contributed by atoms with Gasteiger partial charge in [-0.15, -0.1) is 0 Å². The van der Waals surface area contributed by atoms with Gasteiger partial charge in [0.2, 0.25) is 0 Å². The maximum Gasteiger partial charge on any atom is 0.261 e. The molecular weight excluding hydrogens is 344 g/mol. The number of rotatable bonds is 7. The fraction of sp³-hybridized carbons (Fsp3) is 0.333. The van der Waals surface area contributed by atoms with Crippen LogP contribution in [0.4, 0.5) is 5.69 Å². The molecule has 0 saturated carbocycles. The second-order valence-electron chi connectivity index (χ2n) is 6.35. The van der Waals surface area contributed by atoms with Crippen LogP contribution in [0.1, 0.15) is 55.5 Å². The lowest BCUT2D eigenvalue weighted by atomic mass is 10.0. The Labute approximate surface area is 161 Å². The highest BCUT2D eigenvalue weighted by atomic mass is 32.1. The number of carbonyl (C=O) groups is 1. The first-order valence-electron chi connectivity index (χ1n) is 8.96. The summed E-state index contributed by atoms with van der Waals surface area (Å²) in [6.07, 6.45) is 1.99. The number of thiocarbonyl (C=S) groups is 1. The maximum absolute atomic E-state index is 12.6. The quantitative estimate of drug-likeness (QED) is 0.525. The summed E-state index contributed by atoms with van der Waals surface area (Å²) >= 11 is 5.32. The van der Waals surface area contributed by atoms with Crippen LogP contribution in [0.5, 0.6) is 5.75 Å². The molecule has 0 fully saturated rings. The van der Waals surface area contributed by atoms with E-state index in [0.717, 1.165) is 24.1 Å². The van der Waals surface area contributed by atoms with E-state index in [1.165, 1.54) is 0 Å². The van der Waals surface area contributed by atoms with Gasteiger partial charge in [0.15, 0.2) is 5.11 Å². The Hall–Kier alpha value is -2.40. The standard InChI is InChI=1S/C21H26N2O2S/c1-4-5-14-25-19-13-9-7-11-17(19)20(24)23-21(26)22-18-12-8-6-10-16(18)15(2)3/h6-13,15H,4-5,14H2,1-3H3,(H2,22,23,24,26). The molecule has 2 aromatic carbocycles. The summed E-state index contributed by atoms with van der Waals surface area (Å²) < 4.78 is 5.72. The highest BCUT2D eigenvalue weighted by Gasteiger charge is 2.14. The van der Waals surface area contributed by atoms with Gasteiger partial charge in [0.25, 0.3) is 5.91 Å². The summed E-state index contributed by atoms with van der Waals surface area (Å²) in [6.45, 7) is 6.92. The molecule has 0 unspecified atom stereocenters. The smallest absolute Gasteiger partial charge is 0.261 e. The van der Waals surface area contributed by atoms with Crippen LogP contribution in [0.25, 0.3) is 0 Å². The number of anilines is 1. The van der Waals surface area contributed by atoms with Gasteiger partial charge in [-0.05, 0) is 48.3 Å². The Kier molecular flexibility index (Phi) is 7.60. The summed E-state index contributed by atoms with van der Waals surface area (Å²) in [4.78, 5) is 12.6. The third-order valence-corrected chi connectivity index (χ3v) is 4.15. The van der Waals surface area contributed by atoms with Crippen molar-refractivity contribution in [3.05, 3.63) is 59.7 Å². The molecule has 138 valence electrons. The van der Waals surface area contributed by atoms with E-state index in [4.69, 9.17) is 17.0 Å². The average Bonchev–Trinajstić information content (AvgIpc) is 2.62. The fourth-order valence-corrected chi connectivity index (χ4v) is 2.75. The Balaban J connectivity index is 2.05. The van der Waals surface area contributed by atoms with Gasteiger partial charge >= 0.3 is 0 Å². The van der Waals surface area contributed by atoms with Gasteiger partial charge in [0.05, 0.1) is 12.2 Å². The minimum atomic E-state index is -0.281. The molecule has 2 rings (SSSR count). The van der Waals surface area contributed by atoms with Crippen molar-refractivity contribution < 1.29 is 9.53 Å². The van der Waals surface area contributed by atoms with Gasteiger partial charge in [-0.1, -0.05) is 57.5 Å². The minimum absolute atomic E-state index is 0.270. The van der Waals surface area contributed by atoms with Crippen molar-refractivity contribution >= 4 is 28.9 Å². The Bertz CT molecular complexity index is 759. The highest BCUT2D eigenvalue weighted by Crippen LogP contribution is 2.23.